The Kier molecular flexibility index (Phi) is 5.37. The molecule has 130 valence electrons. The highest BCUT2D eigenvalue weighted by molar-refractivity contribution is 7.92. The first kappa shape index (κ1) is 17.8. The molecule has 0 bridgehead atoms. The number of sulfonamides is 2. The Hall–Kier alpha value is -1.52. The third-order valence-electron chi connectivity index (χ3n) is 3.15. The molecule has 2 rings (SSSR count). The molecule has 1 aromatic carbocycles. The highest BCUT2D eigenvalue weighted by atomic mass is 32.2. The number of fused-ring (bicyclic) bond motifs is 1. The number of ether oxygens (including phenoxy) is 2. The lowest BCUT2D eigenvalue weighted by molar-refractivity contribution is 0.174. The van der Waals surface area contributed by atoms with Gasteiger partial charge < -0.3 is 9.47 Å². The molecule has 0 aliphatic carbocycles. The number of benzene rings is 1. The molecule has 0 atom stereocenters. The summed E-state index contributed by atoms with van der Waals surface area (Å²) in [6.07, 6.45) is 1.56. The Morgan fingerprint density at radius 3 is 2.52 bits per heavy atom. The summed E-state index contributed by atoms with van der Waals surface area (Å²) < 4.78 is 61.2. The normalized spacial score (nSPS) is 14.0. The molecule has 0 amide bonds. The molecule has 0 radical (unpaired) electrons. The maximum Gasteiger partial charge on any atom is 0.232 e. The molecular weight excluding hydrogens is 344 g/mol. The Morgan fingerprint density at radius 1 is 1.17 bits per heavy atom. The van der Waals surface area contributed by atoms with E-state index in [2.05, 4.69) is 4.72 Å². The SMILES string of the molecule is CCCS(=O)(=O)NCCN(c1ccc2c(c1)OCO2)S(C)(=O)=O. The Balaban J connectivity index is 2.13. The van der Waals surface area contributed by atoms with Crippen molar-refractivity contribution in [3.05, 3.63) is 18.2 Å². The van der Waals surface area contributed by atoms with Crippen LogP contribution in [0, 0.1) is 0 Å². The average molecular weight is 364 g/mol. The highest BCUT2D eigenvalue weighted by Crippen LogP contribution is 2.35. The summed E-state index contributed by atoms with van der Waals surface area (Å²) in [6, 6.07) is 4.77. The van der Waals surface area contributed by atoms with Gasteiger partial charge in [-0.2, -0.15) is 0 Å². The number of hydrogen-bond acceptors (Lipinski definition) is 6. The van der Waals surface area contributed by atoms with Crippen LogP contribution in [0.25, 0.3) is 0 Å². The second-order valence-corrected chi connectivity index (χ2v) is 8.92. The Morgan fingerprint density at radius 2 is 1.87 bits per heavy atom. The van der Waals surface area contributed by atoms with Crippen molar-refractivity contribution < 1.29 is 26.3 Å². The molecule has 0 spiro atoms. The van der Waals surface area contributed by atoms with E-state index in [9.17, 15) is 16.8 Å². The first-order valence-electron chi connectivity index (χ1n) is 7.07. The quantitative estimate of drug-likeness (QED) is 0.721. The van der Waals surface area contributed by atoms with E-state index in [-0.39, 0.29) is 25.6 Å². The van der Waals surface area contributed by atoms with Crippen molar-refractivity contribution in [3.8, 4) is 11.5 Å². The zero-order valence-electron chi connectivity index (χ0n) is 13.0. The van der Waals surface area contributed by atoms with Crippen molar-refractivity contribution in [2.75, 3.05) is 36.2 Å². The van der Waals surface area contributed by atoms with Gasteiger partial charge in [0.2, 0.25) is 26.8 Å². The molecule has 1 N–H and O–H groups in total. The molecule has 0 aromatic heterocycles. The van der Waals surface area contributed by atoms with E-state index in [4.69, 9.17) is 9.47 Å². The third-order valence-corrected chi connectivity index (χ3v) is 5.94. The van der Waals surface area contributed by atoms with Crippen LogP contribution >= 0.6 is 0 Å². The van der Waals surface area contributed by atoms with Gasteiger partial charge in [-0.1, -0.05) is 6.92 Å². The molecule has 1 heterocycles. The van der Waals surface area contributed by atoms with Crippen LogP contribution in [0.2, 0.25) is 0 Å². The summed E-state index contributed by atoms with van der Waals surface area (Å²) in [5.41, 5.74) is 0.395. The van der Waals surface area contributed by atoms with Gasteiger partial charge in [0, 0.05) is 19.2 Å². The van der Waals surface area contributed by atoms with Crippen LogP contribution < -0.4 is 18.5 Å². The third kappa shape index (κ3) is 4.72. The van der Waals surface area contributed by atoms with Crippen molar-refractivity contribution in [2.24, 2.45) is 0 Å². The van der Waals surface area contributed by atoms with Crippen LogP contribution in [0.4, 0.5) is 5.69 Å². The van der Waals surface area contributed by atoms with Gasteiger partial charge in [-0.15, -0.1) is 0 Å². The molecule has 1 aliphatic rings. The maximum atomic E-state index is 12.0. The van der Waals surface area contributed by atoms with Crippen molar-refractivity contribution in [3.63, 3.8) is 0 Å². The van der Waals surface area contributed by atoms with E-state index in [1.54, 1.807) is 25.1 Å². The summed E-state index contributed by atoms with van der Waals surface area (Å²) in [5.74, 6) is 1.02. The van der Waals surface area contributed by atoms with Crippen LogP contribution in [0.5, 0.6) is 11.5 Å². The average Bonchev–Trinajstić information content (AvgIpc) is 2.89. The number of anilines is 1. The lowest BCUT2D eigenvalue weighted by Gasteiger charge is -2.22. The van der Waals surface area contributed by atoms with Crippen LogP contribution in [0.3, 0.4) is 0 Å². The van der Waals surface area contributed by atoms with Crippen LogP contribution in [-0.2, 0) is 20.0 Å². The minimum Gasteiger partial charge on any atom is -0.454 e. The summed E-state index contributed by atoms with van der Waals surface area (Å²) >= 11 is 0. The largest absolute Gasteiger partial charge is 0.454 e. The van der Waals surface area contributed by atoms with E-state index in [0.717, 1.165) is 10.6 Å². The first-order chi connectivity index (χ1) is 10.7. The Labute approximate surface area is 136 Å². The highest BCUT2D eigenvalue weighted by Gasteiger charge is 2.21. The second kappa shape index (κ2) is 6.93. The molecule has 1 aromatic rings. The van der Waals surface area contributed by atoms with Crippen LogP contribution in [0.1, 0.15) is 13.3 Å². The molecule has 0 saturated heterocycles. The first-order valence-corrected chi connectivity index (χ1v) is 10.6. The minimum atomic E-state index is -3.56. The van der Waals surface area contributed by atoms with Gasteiger partial charge in [0.05, 0.1) is 17.7 Å². The summed E-state index contributed by atoms with van der Waals surface area (Å²) in [5, 5.41) is 0. The predicted molar refractivity (Wildman–Crippen MR) is 86.8 cm³/mol. The van der Waals surface area contributed by atoms with Crippen LogP contribution in [-0.4, -0.2) is 48.7 Å². The van der Waals surface area contributed by atoms with Crippen molar-refractivity contribution in [1.29, 1.82) is 0 Å². The number of nitrogens with one attached hydrogen (secondary N) is 1. The molecule has 0 unspecified atom stereocenters. The van der Waals surface area contributed by atoms with Gasteiger partial charge in [-0.25, -0.2) is 21.6 Å². The molecule has 8 nitrogen and oxygen atoms in total. The fourth-order valence-corrected chi connectivity index (χ4v) is 4.17. The smallest absolute Gasteiger partial charge is 0.232 e. The lowest BCUT2D eigenvalue weighted by Crippen LogP contribution is -2.38. The second-order valence-electron chi connectivity index (χ2n) is 5.09. The molecular formula is C13H20N2O6S2. The van der Waals surface area contributed by atoms with Gasteiger partial charge in [0.1, 0.15) is 0 Å². The molecule has 1 aliphatic heterocycles. The monoisotopic (exact) mass is 364 g/mol. The summed E-state index contributed by atoms with van der Waals surface area (Å²) in [4.78, 5) is 0. The van der Waals surface area contributed by atoms with Gasteiger partial charge in [0.15, 0.2) is 11.5 Å². The fraction of sp³-hybridized carbons (Fsp3) is 0.538. The molecule has 23 heavy (non-hydrogen) atoms. The number of rotatable bonds is 8. The molecule has 10 heteroatoms. The summed E-state index contributed by atoms with van der Waals surface area (Å²) in [7, 11) is -6.94. The number of nitrogens with zero attached hydrogens (tertiary/aromatic N) is 1. The zero-order valence-corrected chi connectivity index (χ0v) is 14.6. The van der Waals surface area contributed by atoms with Crippen molar-refractivity contribution in [1.82, 2.24) is 4.72 Å². The number of hydrogen-bond donors (Lipinski definition) is 1. The maximum absolute atomic E-state index is 12.0. The van der Waals surface area contributed by atoms with Gasteiger partial charge in [-0.05, 0) is 18.6 Å². The van der Waals surface area contributed by atoms with Crippen LogP contribution in [0.15, 0.2) is 18.2 Å². The fourth-order valence-electron chi connectivity index (χ4n) is 2.17. The van der Waals surface area contributed by atoms with E-state index < -0.39 is 20.0 Å². The van der Waals surface area contributed by atoms with E-state index in [1.807, 2.05) is 0 Å². The van der Waals surface area contributed by atoms with Gasteiger partial charge in [0.25, 0.3) is 0 Å². The minimum absolute atomic E-state index is 0.00982. The molecule has 0 fully saturated rings. The van der Waals surface area contributed by atoms with Crippen molar-refractivity contribution >= 4 is 25.7 Å². The summed E-state index contributed by atoms with van der Waals surface area (Å²) in [6.45, 7) is 1.83. The van der Waals surface area contributed by atoms with Crippen molar-refractivity contribution in [2.45, 2.75) is 13.3 Å². The van der Waals surface area contributed by atoms with E-state index in [0.29, 0.717) is 23.6 Å². The molecule has 0 saturated carbocycles. The zero-order chi connectivity index (χ0) is 17.1. The Bertz CT molecular complexity index is 761. The topological polar surface area (TPSA) is 102 Å². The van der Waals surface area contributed by atoms with Gasteiger partial charge >= 0.3 is 0 Å². The lowest BCUT2D eigenvalue weighted by atomic mass is 10.3. The van der Waals surface area contributed by atoms with E-state index in [1.165, 1.54) is 0 Å². The van der Waals surface area contributed by atoms with Gasteiger partial charge in [-0.3, -0.25) is 4.31 Å². The predicted octanol–water partition coefficient (Wildman–Crippen LogP) is 0.511. The van der Waals surface area contributed by atoms with E-state index >= 15 is 0 Å². The standard InChI is InChI=1S/C13H20N2O6S2/c1-3-8-23(18,19)14-6-7-15(22(2,16)17)11-4-5-12-13(9-11)21-10-20-12/h4-5,9,14H,3,6-8,10H2,1-2H3.